The van der Waals surface area contributed by atoms with Crippen molar-refractivity contribution >= 4 is 40.7 Å². The van der Waals surface area contributed by atoms with Gasteiger partial charge < -0.3 is 15.0 Å². The Labute approximate surface area is 177 Å². The van der Waals surface area contributed by atoms with Crippen molar-refractivity contribution in [3.05, 3.63) is 65.7 Å². The summed E-state index contributed by atoms with van der Waals surface area (Å²) in [4.78, 5) is 14.5. The van der Waals surface area contributed by atoms with Crippen molar-refractivity contribution in [2.45, 2.75) is 19.8 Å². The molecule has 3 rings (SSSR count). The average Bonchev–Trinajstić information content (AvgIpc) is 2.73. The summed E-state index contributed by atoms with van der Waals surface area (Å²) in [5.74, 6) is 0.222. The zero-order valence-electron chi connectivity index (χ0n) is 16.9. The highest BCUT2D eigenvalue weighted by atomic mass is 32.1. The third-order valence-electron chi connectivity index (χ3n) is 4.77. The Morgan fingerprint density at radius 2 is 1.79 bits per heavy atom. The minimum atomic E-state index is -0.265. The van der Waals surface area contributed by atoms with E-state index in [0.29, 0.717) is 19.1 Å². The maximum atomic E-state index is 12.2. The molecule has 152 valence electrons. The Morgan fingerprint density at radius 1 is 1.10 bits per heavy atom. The summed E-state index contributed by atoms with van der Waals surface area (Å²) in [6.45, 7) is 7.39. The van der Waals surface area contributed by atoms with Gasteiger partial charge in [-0.2, -0.15) is 0 Å². The van der Waals surface area contributed by atoms with Gasteiger partial charge in [-0.15, -0.1) is 0 Å². The van der Waals surface area contributed by atoms with E-state index in [9.17, 15) is 4.79 Å². The molecule has 5 nitrogen and oxygen atoms in total. The van der Waals surface area contributed by atoms with Crippen LogP contribution in [0.2, 0.25) is 0 Å². The third-order valence-corrected chi connectivity index (χ3v) is 4.98. The van der Waals surface area contributed by atoms with Gasteiger partial charge in [-0.25, -0.2) is 0 Å². The predicted molar refractivity (Wildman–Crippen MR) is 123 cm³/mol. The number of carbonyl (C=O) groups excluding carboxylic acids is 1. The Balaban J connectivity index is 1.57. The number of amides is 1. The van der Waals surface area contributed by atoms with Crippen molar-refractivity contribution in [1.29, 1.82) is 0 Å². The molecule has 2 aromatic rings. The van der Waals surface area contributed by atoms with E-state index in [0.717, 1.165) is 30.0 Å². The fourth-order valence-corrected chi connectivity index (χ4v) is 3.34. The van der Waals surface area contributed by atoms with Crippen LogP contribution in [-0.4, -0.2) is 37.3 Å². The number of anilines is 2. The lowest BCUT2D eigenvalue weighted by atomic mass is 10.0. The van der Waals surface area contributed by atoms with E-state index >= 15 is 0 Å². The van der Waals surface area contributed by atoms with Crippen molar-refractivity contribution in [1.82, 2.24) is 5.32 Å². The zero-order chi connectivity index (χ0) is 20.6. The van der Waals surface area contributed by atoms with Crippen LogP contribution in [-0.2, 0) is 9.53 Å². The lowest BCUT2D eigenvalue weighted by molar-refractivity contribution is -0.115. The van der Waals surface area contributed by atoms with Crippen molar-refractivity contribution < 1.29 is 9.53 Å². The molecule has 0 spiro atoms. The molecule has 0 saturated carbocycles. The first-order chi connectivity index (χ1) is 14.0. The van der Waals surface area contributed by atoms with Crippen LogP contribution < -0.4 is 15.5 Å². The van der Waals surface area contributed by atoms with Gasteiger partial charge in [-0.05, 0) is 47.5 Å². The van der Waals surface area contributed by atoms with Gasteiger partial charge in [0.05, 0.1) is 24.6 Å². The average molecular weight is 410 g/mol. The number of hydrogen-bond donors (Lipinski definition) is 2. The van der Waals surface area contributed by atoms with Crippen LogP contribution in [0.4, 0.5) is 11.4 Å². The Kier molecular flexibility index (Phi) is 7.38. The Hall–Kier alpha value is -2.70. The standard InChI is InChI=1S/C23H27N3O2S/c1-17(2)19-10-7-18(8-11-19)9-12-22(27)25-23(29)24-20-5-3-4-6-21(20)26-13-15-28-16-14-26/h3-12,17H,13-16H2,1-2H3,(H2,24,25,27,29)/b12-9+. The van der Waals surface area contributed by atoms with Crippen LogP contribution >= 0.6 is 12.2 Å². The molecule has 1 amide bonds. The second kappa shape index (κ2) is 10.2. The number of benzene rings is 2. The molecule has 29 heavy (non-hydrogen) atoms. The predicted octanol–water partition coefficient (Wildman–Crippen LogP) is 4.17. The number of morpholine rings is 1. The number of nitrogens with one attached hydrogen (secondary N) is 2. The van der Waals surface area contributed by atoms with Crippen LogP contribution in [0.15, 0.2) is 54.6 Å². The number of para-hydroxylation sites is 2. The second-order valence-electron chi connectivity index (χ2n) is 7.21. The highest BCUT2D eigenvalue weighted by Gasteiger charge is 2.15. The van der Waals surface area contributed by atoms with Gasteiger partial charge in [0.25, 0.3) is 0 Å². The normalized spacial score (nSPS) is 14.2. The molecule has 2 aromatic carbocycles. The number of thiocarbonyl (C=S) groups is 1. The van der Waals surface area contributed by atoms with Crippen molar-refractivity contribution in [3.8, 4) is 0 Å². The lowest BCUT2D eigenvalue weighted by Gasteiger charge is -2.30. The fraction of sp³-hybridized carbons (Fsp3) is 0.304. The number of ether oxygens (including phenoxy) is 1. The van der Waals surface area contributed by atoms with Gasteiger partial charge in [-0.1, -0.05) is 50.2 Å². The van der Waals surface area contributed by atoms with E-state index in [1.807, 2.05) is 36.4 Å². The molecule has 0 aliphatic carbocycles. The molecular formula is C23H27N3O2S. The van der Waals surface area contributed by atoms with E-state index in [1.54, 1.807) is 6.08 Å². The molecule has 1 fully saturated rings. The Bertz CT molecular complexity index is 872. The van der Waals surface area contributed by atoms with Crippen LogP contribution in [0, 0.1) is 0 Å². The molecule has 1 aliphatic heterocycles. The zero-order valence-corrected chi connectivity index (χ0v) is 17.7. The van der Waals surface area contributed by atoms with Gasteiger partial charge in [0.2, 0.25) is 5.91 Å². The molecular weight excluding hydrogens is 382 g/mol. The maximum absolute atomic E-state index is 12.2. The first-order valence-electron chi connectivity index (χ1n) is 9.84. The maximum Gasteiger partial charge on any atom is 0.250 e. The third kappa shape index (κ3) is 6.14. The van der Waals surface area contributed by atoms with Crippen molar-refractivity contribution in [2.75, 3.05) is 36.5 Å². The van der Waals surface area contributed by atoms with Crippen LogP contribution in [0.25, 0.3) is 6.08 Å². The summed E-state index contributed by atoms with van der Waals surface area (Å²) in [6.07, 6.45) is 3.27. The molecule has 1 heterocycles. The number of nitrogens with zero attached hydrogens (tertiary/aromatic N) is 1. The quantitative estimate of drug-likeness (QED) is 0.573. The monoisotopic (exact) mass is 409 g/mol. The molecule has 2 N–H and O–H groups in total. The fourth-order valence-electron chi connectivity index (χ4n) is 3.13. The van der Waals surface area contributed by atoms with Gasteiger partial charge >= 0.3 is 0 Å². The molecule has 0 aromatic heterocycles. The molecule has 0 unspecified atom stereocenters. The van der Waals surface area contributed by atoms with Crippen LogP contribution in [0.5, 0.6) is 0 Å². The van der Waals surface area contributed by atoms with Crippen molar-refractivity contribution in [3.63, 3.8) is 0 Å². The first kappa shape index (κ1) is 21.0. The van der Waals surface area contributed by atoms with E-state index in [2.05, 4.69) is 41.5 Å². The lowest BCUT2D eigenvalue weighted by Crippen LogP contribution is -2.37. The Morgan fingerprint density at radius 3 is 2.48 bits per heavy atom. The van der Waals surface area contributed by atoms with Gasteiger partial charge in [0, 0.05) is 19.2 Å². The van der Waals surface area contributed by atoms with E-state index in [-0.39, 0.29) is 11.0 Å². The summed E-state index contributed by atoms with van der Waals surface area (Å²) < 4.78 is 5.42. The highest BCUT2D eigenvalue weighted by molar-refractivity contribution is 7.80. The topological polar surface area (TPSA) is 53.6 Å². The van der Waals surface area contributed by atoms with Gasteiger partial charge in [0.15, 0.2) is 5.11 Å². The number of rotatable bonds is 5. The smallest absolute Gasteiger partial charge is 0.250 e. The molecule has 0 bridgehead atoms. The minimum absolute atomic E-state index is 0.265. The molecule has 1 saturated heterocycles. The van der Waals surface area contributed by atoms with E-state index in [1.165, 1.54) is 11.6 Å². The summed E-state index contributed by atoms with van der Waals surface area (Å²) in [5, 5.41) is 6.12. The summed E-state index contributed by atoms with van der Waals surface area (Å²) in [7, 11) is 0. The summed E-state index contributed by atoms with van der Waals surface area (Å²) in [5.41, 5.74) is 4.16. The molecule has 6 heteroatoms. The van der Waals surface area contributed by atoms with Crippen molar-refractivity contribution in [2.24, 2.45) is 0 Å². The largest absolute Gasteiger partial charge is 0.378 e. The van der Waals surface area contributed by atoms with Gasteiger partial charge in [0.1, 0.15) is 0 Å². The summed E-state index contributed by atoms with van der Waals surface area (Å²) in [6, 6.07) is 16.1. The SMILES string of the molecule is CC(C)c1ccc(/C=C/C(=O)NC(=S)Nc2ccccc2N2CCOCC2)cc1. The summed E-state index contributed by atoms with van der Waals surface area (Å²) >= 11 is 5.33. The highest BCUT2D eigenvalue weighted by Crippen LogP contribution is 2.26. The van der Waals surface area contributed by atoms with E-state index in [4.69, 9.17) is 17.0 Å². The first-order valence-corrected chi connectivity index (χ1v) is 10.3. The number of hydrogen-bond acceptors (Lipinski definition) is 4. The van der Waals surface area contributed by atoms with Crippen LogP contribution in [0.1, 0.15) is 30.9 Å². The molecule has 1 aliphatic rings. The molecule has 0 atom stereocenters. The second-order valence-corrected chi connectivity index (χ2v) is 7.62. The van der Waals surface area contributed by atoms with E-state index < -0.39 is 0 Å². The number of carbonyl (C=O) groups is 1. The molecule has 0 radical (unpaired) electrons. The van der Waals surface area contributed by atoms with Crippen LogP contribution in [0.3, 0.4) is 0 Å². The van der Waals surface area contributed by atoms with Gasteiger partial charge in [-0.3, -0.25) is 10.1 Å². The minimum Gasteiger partial charge on any atom is -0.378 e.